The number of unbranched alkanes of at least 4 members (excludes halogenated alkanes) is 20. The van der Waals surface area contributed by atoms with Gasteiger partial charge in [-0.25, -0.2) is 0 Å². The first-order valence-electron chi connectivity index (χ1n) is 29.3. The van der Waals surface area contributed by atoms with Crippen LogP contribution in [0.2, 0.25) is 0 Å². The van der Waals surface area contributed by atoms with Crippen LogP contribution in [0.15, 0.2) is 91.0 Å². The second-order valence-corrected chi connectivity index (χ2v) is 21.4. The van der Waals surface area contributed by atoms with Gasteiger partial charge in [-0.3, -0.25) is 9.59 Å². The van der Waals surface area contributed by atoms with Gasteiger partial charge in [0.1, 0.15) is 11.9 Å². The van der Waals surface area contributed by atoms with Gasteiger partial charge in [0, 0.05) is 25.2 Å². The van der Waals surface area contributed by atoms with E-state index in [1.54, 1.807) is 0 Å². The summed E-state index contributed by atoms with van der Waals surface area (Å²) < 4.78 is 33.9. The minimum absolute atomic E-state index is 0.0972. The summed E-state index contributed by atoms with van der Waals surface area (Å²) in [5, 5.41) is 3.38. The second-order valence-electron chi connectivity index (χ2n) is 21.4. The van der Waals surface area contributed by atoms with E-state index in [1.807, 2.05) is 54.6 Å². The topological polar surface area (TPSA) is 92.3 Å². The smallest absolute Gasteiger partial charge is 0.220 e. The van der Waals surface area contributed by atoms with Gasteiger partial charge in [0.2, 0.25) is 5.91 Å². The fourth-order valence-electron chi connectivity index (χ4n) is 10.2. The van der Waals surface area contributed by atoms with E-state index in [0.717, 1.165) is 48.8 Å². The van der Waals surface area contributed by atoms with Crippen LogP contribution in [0.5, 0.6) is 0 Å². The lowest BCUT2D eigenvalue weighted by atomic mass is 9.79. The Kier molecular flexibility index (Phi) is 33.2. The third-order valence-electron chi connectivity index (χ3n) is 15.3. The molecule has 404 valence electrons. The number of carbonyl (C=O) groups excluding carboxylic acids is 2. The molecule has 8 atom stereocenters. The van der Waals surface area contributed by atoms with E-state index in [0.29, 0.717) is 38.8 Å². The van der Waals surface area contributed by atoms with E-state index >= 15 is 0 Å². The lowest BCUT2D eigenvalue weighted by Crippen LogP contribution is -2.55. The molecular weight excluding hydrogens is 895 g/mol. The lowest BCUT2D eigenvalue weighted by Gasteiger charge is -2.44. The normalized spacial score (nSPS) is 19.2. The summed E-state index contributed by atoms with van der Waals surface area (Å²) in [5.41, 5.74) is 3.26. The maximum Gasteiger partial charge on any atom is 0.220 e. The van der Waals surface area contributed by atoms with Gasteiger partial charge in [0.25, 0.3) is 0 Å². The molecule has 0 spiro atoms. The molecule has 3 aromatic carbocycles. The first-order chi connectivity index (χ1) is 35.3. The molecule has 1 amide bonds. The number of ketones is 1. The number of Topliss-reactive ketones (excluding diaryl/α,β-unsaturated/α-hetero) is 1. The highest BCUT2D eigenvalue weighted by atomic mass is 16.7. The van der Waals surface area contributed by atoms with Gasteiger partial charge >= 0.3 is 0 Å². The van der Waals surface area contributed by atoms with E-state index in [-0.39, 0.29) is 55.2 Å². The summed E-state index contributed by atoms with van der Waals surface area (Å²) in [6.07, 6.45) is 27.6. The Bertz CT molecular complexity index is 1760. The molecule has 8 nitrogen and oxygen atoms in total. The molecule has 1 saturated heterocycles. The van der Waals surface area contributed by atoms with Crippen molar-refractivity contribution in [2.24, 2.45) is 17.8 Å². The number of nitrogens with one attached hydrogen (secondary N) is 1. The Morgan fingerprint density at radius 1 is 0.514 bits per heavy atom. The highest BCUT2D eigenvalue weighted by molar-refractivity contribution is 5.85. The van der Waals surface area contributed by atoms with Crippen molar-refractivity contribution in [3.8, 4) is 0 Å². The molecule has 1 aliphatic heterocycles. The Morgan fingerprint density at radius 3 is 1.49 bits per heavy atom. The van der Waals surface area contributed by atoms with Gasteiger partial charge in [-0.15, -0.1) is 0 Å². The predicted molar refractivity (Wildman–Crippen MR) is 297 cm³/mol. The highest BCUT2D eigenvalue weighted by Gasteiger charge is 2.41. The Hall–Kier alpha value is -3.40. The molecular formula is C64H101NO7. The highest BCUT2D eigenvalue weighted by Crippen LogP contribution is 2.36. The maximum absolute atomic E-state index is 14.2. The van der Waals surface area contributed by atoms with Gasteiger partial charge in [-0.05, 0) is 41.4 Å². The van der Waals surface area contributed by atoms with E-state index in [9.17, 15) is 9.59 Å². The predicted octanol–water partition coefficient (Wildman–Crippen LogP) is 16.3. The molecule has 1 heterocycles. The van der Waals surface area contributed by atoms with Crippen molar-refractivity contribution in [1.29, 1.82) is 0 Å². The van der Waals surface area contributed by atoms with Crippen LogP contribution >= 0.6 is 0 Å². The van der Waals surface area contributed by atoms with Crippen molar-refractivity contribution < 1.29 is 33.3 Å². The van der Waals surface area contributed by atoms with Gasteiger partial charge in [0.05, 0.1) is 51.3 Å². The Morgan fingerprint density at radius 2 is 0.972 bits per heavy atom. The minimum atomic E-state index is -0.574. The zero-order valence-electron chi connectivity index (χ0n) is 46.1. The van der Waals surface area contributed by atoms with Gasteiger partial charge < -0.3 is 29.0 Å². The van der Waals surface area contributed by atoms with E-state index in [4.69, 9.17) is 23.7 Å². The molecule has 1 aliphatic rings. The van der Waals surface area contributed by atoms with Crippen molar-refractivity contribution in [2.45, 2.75) is 252 Å². The van der Waals surface area contributed by atoms with Crippen LogP contribution in [-0.4, -0.2) is 55.5 Å². The van der Waals surface area contributed by atoms with Crippen molar-refractivity contribution in [2.75, 3.05) is 13.2 Å². The molecule has 0 aliphatic carbocycles. The molecule has 4 rings (SSSR count). The standard InChI is InChI=1S/C64H101NO7/c1-6-8-10-12-14-16-18-19-21-23-25-36-44-60(69-48-56-39-31-27-32-40-56)63(70-49-57-41-33-28-34-42-57)59(65-62(67)46-45-58(66)43-35-24-22-20-17-15-13-11-9-7-2)50-71-64-54(5)52(3)53(4)61(72-64)51-68-47-55-37-29-26-30-38-55/h26-34,37-42,52-54,59-61,63-64H,6-25,35-36,43-51H2,1-5H3,(H,65,67)/t52-,53+,54?,59-,60+,61?,63-,64-/m0/s1. The fraction of sp³-hybridized carbons (Fsp3) is 0.688. The summed E-state index contributed by atoms with van der Waals surface area (Å²) in [6, 6.07) is 30.2. The summed E-state index contributed by atoms with van der Waals surface area (Å²) in [7, 11) is 0. The van der Waals surface area contributed by atoms with Gasteiger partial charge in [-0.1, -0.05) is 260 Å². The van der Waals surface area contributed by atoms with Crippen LogP contribution < -0.4 is 5.32 Å². The van der Waals surface area contributed by atoms with Crippen molar-refractivity contribution >= 4 is 11.7 Å². The Labute approximate surface area is 439 Å². The van der Waals surface area contributed by atoms with Gasteiger partial charge in [0.15, 0.2) is 6.29 Å². The minimum Gasteiger partial charge on any atom is -0.374 e. The monoisotopic (exact) mass is 996 g/mol. The van der Waals surface area contributed by atoms with Crippen LogP contribution in [-0.2, 0) is 53.1 Å². The molecule has 0 bridgehead atoms. The zero-order chi connectivity index (χ0) is 51.3. The van der Waals surface area contributed by atoms with Crippen molar-refractivity contribution in [3.05, 3.63) is 108 Å². The molecule has 3 aromatic rings. The third-order valence-corrected chi connectivity index (χ3v) is 15.3. The Balaban J connectivity index is 1.49. The molecule has 1 N–H and O–H groups in total. The van der Waals surface area contributed by atoms with Crippen molar-refractivity contribution in [1.82, 2.24) is 5.32 Å². The molecule has 1 fully saturated rings. The molecule has 2 unspecified atom stereocenters. The van der Waals surface area contributed by atoms with Crippen LogP contribution in [0.4, 0.5) is 0 Å². The number of rotatable bonds is 43. The molecule has 0 radical (unpaired) electrons. The lowest BCUT2D eigenvalue weighted by molar-refractivity contribution is -0.262. The number of amides is 1. The van der Waals surface area contributed by atoms with Crippen molar-refractivity contribution in [3.63, 3.8) is 0 Å². The molecule has 0 aromatic heterocycles. The summed E-state index contributed by atoms with van der Waals surface area (Å²) in [6.45, 7) is 13.2. The number of benzene rings is 3. The summed E-state index contributed by atoms with van der Waals surface area (Å²) >= 11 is 0. The van der Waals surface area contributed by atoms with E-state index < -0.39 is 18.4 Å². The summed E-state index contributed by atoms with van der Waals surface area (Å²) in [4.78, 5) is 27.4. The third kappa shape index (κ3) is 26.2. The zero-order valence-corrected chi connectivity index (χ0v) is 46.1. The number of ether oxygens (including phenoxy) is 5. The number of hydrogen-bond acceptors (Lipinski definition) is 7. The maximum atomic E-state index is 14.2. The first kappa shape index (κ1) is 61.1. The molecule has 8 heteroatoms. The molecule has 0 saturated carbocycles. The SMILES string of the molecule is CCCCCCCCCCCCCC[C@@H](OCc1ccccc1)[C@@H](OCc1ccccc1)[C@H](CO[C@H]1OC(COCc2ccccc2)[C@H](C)[C@H](C)C1C)NC(=O)CCC(=O)CCCCCCCCCCCC. The van der Waals surface area contributed by atoms with E-state index in [1.165, 1.54) is 116 Å². The van der Waals surface area contributed by atoms with Crippen LogP contribution in [0.25, 0.3) is 0 Å². The van der Waals surface area contributed by atoms with Gasteiger partial charge in [-0.2, -0.15) is 0 Å². The number of hydrogen-bond donors (Lipinski definition) is 1. The second kappa shape index (κ2) is 39.1. The average molecular weight is 997 g/mol. The number of carbonyl (C=O) groups is 2. The largest absolute Gasteiger partial charge is 0.374 e. The fourth-order valence-corrected chi connectivity index (χ4v) is 10.2. The quantitative estimate of drug-likeness (QED) is 0.0565. The first-order valence-corrected chi connectivity index (χ1v) is 29.3. The average Bonchev–Trinajstić information content (AvgIpc) is 3.40. The van der Waals surface area contributed by atoms with E-state index in [2.05, 4.69) is 76.3 Å². The summed E-state index contributed by atoms with van der Waals surface area (Å²) in [5.74, 6) is 0.643. The van der Waals surface area contributed by atoms with Crippen LogP contribution in [0.3, 0.4) is 0 Å². The van der Waals surface area contributed by atoms with Crippen LogP contribution in [0.1, 0.15) is 218 Å². The molecule has 72 heavy (non-hydrogen) atoms. The van der Waals surface area contributed by atoms with Crippen LogP contribution in [0, 0.1) is 17.8 Å².